The number of aliphatic hydroxyl groups is 1. The van der Waals surface area contributed by atoms with Gasteiger partial charge in [-0.1, -0.05) is 42.5 Å². The molecular weight excluding hydrogens is 306 g/mol. The number of hydrogen-bond acceptors (Lipinski definition) is 4. The largest absolute Gasteiger partial charge is 0.489 e. The molecule has 0 aliphatic rings. The molecule has 1 atom stereocenters. The van der Waals surface area contributed by atoms with Crippen molar-refractivity contribution >= 4 is 5.97 Å². The molecule has 2 aromatic rings. The number of ether oxygens (including phenoxy) is 1. The molecule has 0 amide bonds. The average molecular weight is 329 g/mol. The molecule has 0 saturated heterocycles. The van der Waals surface area contributed by atoms with E-state index in [1.54, 1.807) is 11.9 Å². The number of carboxylic acids is 1. The standard InChI is InChI=1S/C19H23NO4/c1-20(12-19(22)23)17(13-21)11-15-7-9-18(10-8-15)24-14-16-5-3-2-4-6-16/h2-10,17,21H,11-14H2,1H3,(H,22,23). The first-order valence-electron chi connectivity index (χ1n) is 7.87. The van der Waals surface area contributed by atoms with Crippen LogP contribution in [-0.2, 0) is 17.8 Å². The van der Waals surface area contributed by atoms with Crippen LogP contribution in [0.1, 0.15) is 11.1 Å². The molecule has 0 fully saturated rings. The van der Waals surface area contributed by atoms with Crippen molar-refractivity contribution in [2.45, 2.75) is 19.1 Å². The molecule has 5 nitrogen and oxygen atoms in total. The van der Waals surface area contributed by atoms with E-state index in [-0.39, 0.29) is 19.2 Å². The second kappa shape index (κ2) is 9.05. The number of nitrogens with zero attached hydrogens (tertiary/aromatic N) is 1. The Morgan fingerprint density at radius 2 is 1.75 bits per heavy atom. The lowest BCUT2D eigenvalue weighted by molar-refractivity contribution is -0.138. The maximum Gasteiger partial charge on any atom is 0.317 e. The highest BCUT2D eigenvalue weighted by molar-refractivity contribution is 5.69. The Labute approximate surface area is 142 Å². The number of carboxylic acid groups (broad SMARTS) is 1. The van der Waals surface area contributed by atoms with Gasteiger partial charge < -0.3 is 14.9 Å². The van der Waals surface area contributed by atoms with Crippen LogP contribution in [-0.4, -0.2) is 47.3 Å². The van der Waals surface area contributed by atoms with E-state index < -0.39 is 5.97 Å². The SMILES string of the molecule is CN(CC(=O)O)C(CO)Cc1ccc(OCc2ccccc2)cc1. The van der Waals surface area contributed by atoms with E-state index in [9.17, 15) is 9.90 Å². The Morgan fingerprint density at radius 3 is 2.33 bits per heavy atom. The fraction of sp³-hybridized carbons (Fsp3) is 0.316. The van der Waals surface area contributed by atoms with Gasteiger partial charge >= 0.3 is 5.97 Å². The molecule has 0 aromatic heterocycles. The molecule has 1 unspecified atom stereocenters. The minimum atomic E-state index is -0.902. The van der Waals surface area contributed by atoms with Crippen molar-refractivity contribution in [1.29, 1.82) is 0 Å². The molecule has 0 aliphatic carbocycles. The molecule has 2 N–H and O–H groups in total. The number of aliphatic carboxylic acids is 1. The molecular formula is C19H23NO4. The van der Waals surface area contributed by atoms with Crippen molar-refractivity contribution in [3.63, 3.8) is 0 Å². The van der Waals surface area contributed by atoms with Gasteiger partial charge in [-0.3, -0.25) is 9.69 Å². The second-order valence-corrected chi connectivity index (χ2v) is 5.77. The monoisotopic (exact) mass is 329 g/mol. The van der Waals surface area contributed by atoms with Gasteiger partial charge in [0, 0.05) is 6.04 Å². The summed E-state index contributed by atoms with van der Waals surface area (Å²) in [7, 11) is 1.70. The fourth-order valence-corrected chi connectivity index (χ4v) is 2.44. The summed E-state index contributed by atoms with van der Waals surface area (Å²) in [6, 6.07) is 17.4. The Hall–Kier alpha value is -2.37. The Morgan fingerprint density at radius 1 is 1.08 bits per heavy atom. The first-order chi connectivity index (χ1) is 11.6. The maximum absolute atomic E-state index is 10.8. The first kappa shape index (κ1) is 18.0. The molecule has 0 spiro atoms. The van der Waals surface area contributed by atoms with Crippen LogP contribution >= 0.6 is 0 Å². The van der Waals surface area contributed by atoms with Crippen LogP contribution in [0.5, 0.6) is 5.75 Å². The highest BCUT2D eigenvalue weighted by Gasteiger charge is 2.16. The zero-order valence-corrected chi connectivity index (χ0v) is 13.8. The summed E-state index contributed by atoms with van der Waals surface area (Å²) in [5.41, 5.74) is 2.13. The van der Waals surface area contributed by atoms with E-state index >= 15 is 0 Å². The van der Waals surface area contributed by atoms with Crippen molar-refractivity contribution in [2.24, 2.45) is 0 Å². The summed E-state index contributed by atoms with van der Waals surface area (Å²) in [6.07, 6.45) is 0.583. The van der Waals surface area contributed by atoms with Crippen molar-refractivity contribution in [3.05, 3.63) is 65.7 Å². The molecule has 2 rings (SSSR count). The van der Waals surface area contributed by atoms with E-state index in [2.05, 4.69) is 0 Å². The van der Waals surface area contributed by atoms with E-state index in [0.717, 1.165) is 16.9 Å². The molecule has 0 bridgehead atoms. The van der Waals surface area contributed by atoms with Crippen molar-refractivity contribution in [3.8, 4) is 5.75 Å². The van der Waals surface area contributed by atoms with Gasteiger partial charge in [-0.2, -0.15) is 0 Å². The number of hydrogen-bond donors (Lipinski definition) is 2. The van der Waals surface area contributed by atoms with Crippen LogP contribution in [0, 0.1) is 0 Å². The van der Waals surface area contributed by atoms with Crippen LogP contribution < -0.4 is 4.74 Å². The molecule has 5 heteroatoms. The topological polar surface area (TPSA) is 70.0 Å². The Kier molecular flexibility index (Phi) is 6.78. The van der Waals surface area contributed by atoms with Gasteiger partial charge in [0.15, 0.2) is 0 Å². The summed E-state index contributed by atoms with van der Waals surface area (Å²) >= 11 is 0. The lowest BCUT2D eigenvalue weighted by Crippen LogP contribution is -2.39. The van der Waals surface area contributed by atoms with Crippen LogP contribution in [0.25, 0.3) is 0 Å². The second-order valence-electron chi connectivity index (χ2n) is 5.77. The predicted molar refractivity (Wildman–Crippen MR) is 92.1 cm³/mol. The van der Waals surface area contributed by atoms with E-state index in [4.69, 9.17) is 9.84 Å². The quantitative estimate of drug-likeness (QED) is 0.738. The van der Waals surface area contributed by atoms with Gasteiger partial charge in [-0.05, 0) is 36.7 Å². The van der Waals surface area contributed by atoms with Crippen molar-refractivity contribution in [2.75, 3.05) is 20.2 Å². The third-order valence-corrected chi connectivity index (χ3v) is 3.86. The summed E-state index contributed by atoms with van der Waals surface area (Å²) < 4.78 is 5.74. The summed E-state index contributed by atoms with van der Waals surface area (Å²) in [5.74, 6) is -0.123. The van der Waals surface area contributed by atoms with Crippen LogP contribution in [0.4, 0.5) is 0 Å². The highest BCUT2D eigenvalue weighted by atomic mass is 16.5. The first-order valence-corrected chi connectivity index (χ1v) is 7.87. The van der Waals surface area contributed by atoms with Gasteiger partial charge in [-0.15, -0.1) is 0 Å². The number of likely N-dealkylation sites (N-methyl/N-ethyl adjacent to an activating group) is 1. The Bertz CT molecular complexity index is 628. The normalized spacial score (nSPS) is 12.1. The molecule has 2 aromatic carbocycles. The molecule has 128 valence electrons. The third kappa shape index (κ3) is 5.68. The van der Waals surface area contributed by atoms with Gasteiger partial charge in [0.2, 0.25) is 0 Å². The number of rotatable bonds is 9. The smallest absolute Gasteiger partial charge is 0.317 e. The molecule has 0 radical (unpaired) electrons. The number of carbonyl (C=O) groups is 1. The van der Waals surface area contributed by atoms with E-state index in [1.807, 2.05) is 54.6 Å². The summed E-state index contributed by atoms with van der Waals surface area (Å²) in [6.45, 7) is 0.334. The van der Waals surface area contributed by atoms with Crippen LogP contribution in [0.2, 0.25) is 0 Å². The van der Waals surface area contributed by atoms with Crippen molar-refractivity contribution in [1.82, 2.24) is 4.90 Å². The number of benzene rings is 2. The minimum absolute atomic E-state index is 0.0873. The third-order valence-electron chi connectivity index (χ3n) is 3.86. The maximum atomic E-state index is 10.8. The zero-order valence-electron chi connectivity index (χ0n) is 13.8. The Balaban J connectivity index is 1.89. The van der Waals surface area contributed by atoms with E-state index in [1.165, 1.54) is 0 Å². The van der Waals surface area contributed by atoms with Crippen LogP contribution in [0.3, 0.4) is 0 Å². The van der Waals surface area contributed by atoms with Gasteiger partial charge in [0.25, 0.3) is 0 Å². The summed E-state index contributed by atoms with van der Waals surface area (Å²) in [5, 5.41) is 18.3. The lowest BCUT2D eigenvalue weighted by Gasteiger charge is -2.24. The molecule has 0 aliphatic heterocycles. The van der Waals surface area contributed by atoms with Gasteiger partial charge in [0.05, 0.1) is 13.2 Å². The highest BCUT2D eigenvalue weighted by Crippen LogP contribution is 2.16. The number of aliphatic hydroxyl groups excluding tert-OH is 1. The van der Waals surface area contributed by atoms with Gasteiger partial charge in [0.1, 0.15) is 12.4 Å². The molecule has 24 heavy (non-hydrogen) atoms. The van der Waals surface area contributed by atoms with E-state index in [0.29, 0.717) is 13.0 Å². The molecule has 0 saturated carbocycles. The summed E-state index contributed by atoms with van der Waals surface area (Å²) in [4.78, 5) is 12.4. The fourth-order valence-electron chi connectivity index (χ4n) is 2.44. The van der Waals surface area contributed by atoms with Gasteiger partial charge in [-0.25, -0.2) is 0 Å². The molecule has 0 heterocycles. The van der Waals surface area contributed by atoms with Crippen LogP contribution in [0.15, 0.2) is 54.6 Å². The lowest BCUT2D eigenvalue weighted by atomic mass is 10.1. The average Bonchev–Trinajstić information content (AvgIpc) is 2.59. The van der Waals surface area contributed by atoms with Crippen molar-refractivity contribution < 1.29 is 19.7 Å². The predicted octanol–water partition coefficient (Wildman–Crippen LogP) is 2.19. The minimum Gasteiger partial charge on any atom is -0.489 e. The zero-order chi connectivity index (χ0) is 17.4.